The molecule has 1 rings (SSSR count). The van der Waals surface area contributed by atoms with E-state index in [1.807, 2.05) is 0 Å². The van der Waals surface area contributed by atoms with E-state index in [4.69, 9.17) is 14.2 Å². The number of esters is 3. The molecule has 0 radical (unpaired) electrons. The summed E-state index contributed by atoms with van der Waals surface area (Å²) < 4.78 is 14.7. The molecule has 0 amide bonds. The molecule has 1 aromatic carbocycles. The fourth-order valence-corrected chi connectivity index (χ4v) is 2.09. The van der Waals surface area contributed by atoms with Gasteiger partial charge in [-0.3, -0.25) is 0 Å². The molecule has 0 saturated carbocycles. The van der Waals surface area contributed by atoms with E-state index in [1.165, 1.54) is 20.1 Å². The maximum Gasteiger partial charge on any atom is 0.338 e. The van der Waals surface area contributed by atoms with E-state index in [1.54, 1.807) is 31.2 Å². The van der Waals surface area contributed by atoms with E-state index in [9.17, 15) is 14.4 Å². The number of ether oxygens (including phenoxy) is 3. The van der Waals surface area contributed by atoms with Crippen molar-refractivity contribution >= 4 is 23.5 Å². The molecule has 0 bridgehead atoms. The maximum absolute atomic E-state index is 12.4. The van der Waals surface area contributed by atoms with E-state index in [0.717, 1.165) is 0 Å². The number of rotatable bonds is 8. The molecule has 0 unspecified atom stereocenters. The summed E-state index contributed by atoms with van der Waals surface area (Å²) in [5.74, 6) is -1.68. The molecule has 6 heteroatoms. The van der Waals surface area contributed by atoms with Gasteiger partial charge in [0.25, 0.3) is 0 Å². The lowest BCUT2D eigenvalue weighted by atomic mass is 9.96. The monoisotopic (exact) mass is 358 g/mol. The summed E-state index contributed by atoms with van der Waals surface area (Å²) >= 11 is 0. The van der Waals surface area contributed by atoms with Crippen molar-refractivity contribution < 1.29 is 28.6 Å². The highest BCUT2D eigenvalue weighted by Crippen LogP contribution is 2.25. The second kappa shape index (κ2) is 9.98. The van der Waals surface area contributed by atoms with E-state index in [2.05, 4.69) is 13.2 Å². The largest absolute Gasteiger partial charge is 0.466 e. The molecular formula is C20H22O6. The molecule has 138 valence electrons. The van der Waals surface area contributed by atoms with Gasteiger partial charge in [-0.15, -0.1) is 0 Å². The summed E-state index contributed by atoms with van der Waals surface area (Å²) in [5, 5.41) is 0. The first-order valence-corrected chi connectivity index (χ1v) is 7.84. The summed E-state index contributed by atoms with van der Waals surface area (Å²) in [6.07, 6.45) is 1.48. The van der Waals surface area contributed by atoms with Crippen LogP contribution in [0, 0.1) is 0 Å². The first-order chi connectivity index (χ1) is 12.3. The predicted octanol–water partition coefficient (Wildman–Crippen LogP) is 3.10. The van der Waals surface area contributed by atoms with Gasteiger partial charge in [-0.2, -0.15) is 0 Å². The first-order valence-electron chi connectivity index (χ1n) is 7.84. The molecule has 26 heavy (non-hydrogen) atoms. The summed E-state index contributed by atoms with van der Waals surface area (Å²) in [6, 6.07) is 6.66. The van der Waals surface area contributed by atoms with Crippen LogP contribution >= 0.6 is 0 Å². The standard InChI is InChI=1S/C20H22O6/c1-6-15(14(4)19(22)24-5)16-9-7-8-10-17(16)20(23)26-12-11-25-18(21)13(2)3/h6-10H,1-2,11-12H2,3-5H3/b15-14-. The molecule has 0 N–H and O–H groups in total. The van der Waals surface area contributed by atoms with Gasteiger partial charge in [0.05, 0.1) is 12.7 Å². The van der Waals surface area contributed by atoms with Gasteiger partial charge in [0.1, 0.15) is 13.2 Å². The number of carbonyl (C=O) groups excluding carboxylic acids is 3. The van der Waals surface area contributed by atoms with Crippen molar-refractivity contribution in [3.63, 3.8) is 0 Å². The second-order valence-electron chi connectivity index (χ2n) is 5.33. The Hall–Kier alpha value is -3.15. The molecular weight excluding hydrogens is 336 g/mol. The Morgan fingerprint density at radius 3 is 2.12 bits per heavy atom. The molecule has 0 aromatic heterocycles. The lowest BCUT2D eigenvalue weighted by Gasteiger charge is -2.12. The molecule has 0 saturated heterocycles. The van der Waals surface area contributed by atoms with Crippen molar-refractivity contribution in [1.29, 1.82) is 0 Å². The third-order valence-electron chi connectivity index (χ3n) is 3.43. The fraction of sp³-hybridized carbons (Fsp3) is 0.250. The van der Waals surface area contributed by atoms with Crippen molar-refractivity contribution in [2.45, 2.75) is 13.8 Å². The lowest BCUT2D eigenvalue weighted by Crippen LogP contribution is -2.15. The van der Waals surface area contributed by atoms with E-state index >= 15 is 0 Å². The minimum absolute atomic E-state index is 0.0784. The number of benzene rings is 1. The quantitative estimate of drug-likeness (QED) is 0.234. The van der Waals surface area contributed by atoms with Gasteiger partial charge in [-0.25, -0.2) is 14.4 Å². The first kappa shape index (κ1) is 20.9. The van der Waals surface area contributed by atoms with E-state index in [-0.39, 0.29) is 24.4 Å². The molecule has 0 aliphatic heterocycles. The highest BCUT2D eigenvalue weighted by Gasteiger charge is 2.18. The predicted molar refractivity (Wildman–Crippen MR) is 97.3 cm³/mol. The Morgan fingerprint density at radius 2 is 1.58 bits per heavy atom. The van der Waals surface area contributed by atoms with Crippen LogP contribution in [-0.2, 0) is 23.8 Å². The van der Waals surface area contributed by atoms with Crippen molar-refractivity contribution in [1.82, 2.24) is 0 Å². The number of hydrogen-bond donors (Lipinski definition) is 0. The third kappa shape index (κ3) is 5.44. The number of methoxy groups -OCH3 is 1. The van der Waals surface area contributed by atoms with Crippen LogP contribution in [0.5, 0.6) is 0 Å². The van der Waals surface area contributed by atoms with Crippen LogP contribution < -0.4 is 0 Å². The SMILES string of the molecule is C=C/C(=C(\C)C(=O)OC)c1ccccc1C(=O)OCCOC(=O)C(=C)C. The van der Waals surface area contributed by atoms with E-state index in [0.29, 0.717) is 16.7 Å². The summed E-state index contributed by atoms with van der Waals surface area (Å²) in [5.41, 5.74) is 1.81. The molecule has 0 fully saturated rings. The maximum atomic E-state index is 12.4. The van der Waals surface area contributed by atoms with Crippen LogP contribution in [0.4, 0.5) is 0 Å². The summed E-state index contributed by atoms with van der Waals surface area (Å²) in [4.78, 5) is 35.5. The topological polar surface area (TPSA) is 78.9 Å². The van der Waals surface area contributed by atoms with Crippen LogP contribution in [0.1, 0.15) is 29.8 Å². The molecule has 0 atom stereocenters. The van der Waals surface area contributed by atoms with Gasteiger partial charge in [-0.05, 0) is 31.1 Å². The van der Waals surface area contributed by atoms with Crippen molar-refractivity contribution in [3.05, 3.63) is 65.8 Å². The average molecular weight is 358 g/mol. The highest BCUT2D eigenvalue weighted by atomic mass is 16.6. The zero-order chi connectivity index (χ0) is 19.7. The zero-order valence-corrected chi connectivity index (χ0v) is 15.2. The van der Waals surface area contributed by atoms with Gasteiger partial charge in [0, 0.05) is 11.1 Å². The zero-order valence-electron chi connectivity index (χ0n) is 15.2. The van der Waals surface area contributed by atoms with E-state index < -0.39 is 17.9 Å². The minimum Gasteiger partial charge on any atom is -0.466 e. The number of allylic oxidation sites excluding steroid dienone is 2. The molecule has 0 aliphatic rings. The van der Waals surface area contributed by atoms with Gasteiger partial charge < -0.3 is 14.2 Å². The lowest BCUT2D eigenvalue weighted by molar-refractivity contribution is -0.140. The van der Waals surface area contributed by atoms with Gasteiger partial charge in [-0.1, -0.05) is 37.4 Å². The Kier molecular flexibility index (Phi) is 8.02. The highest BCUT2D eigenvalue weighted by molar-refractivity contribution is 6.04. The van der Waals surface area contributed by atoms with Crippen LogP contribution in [0.2, 0.25) is 0 Å². The molecule has 6 nitrogen and oxygen atoms in total. The van der Waals surface area contributed by atoms with Gasteiger partial charge >= 0.3 is 17.9 Å². The summed E-state index contributed by atoms with van der Waals surface area (Å²) in [6.45, 7) is 10.1. The molecule has 0 aliphatic carbocycles. The average Bonchev–Trinajstić information content (AvgIpc) is 2.64. The summed E-state index contributed by atoms with van der Waals surface area (Å²) in [7, 11) is 1.28. The molecule has 0 spiro atoms. The third-order valence-corrected chi connectivity index (χ3v) is 3.43. The Labute approximate surface area is 152 Å². The Bertz CT molecular complexity index is 757. The fourth-order valence-electron chi connectivity index (χ4n) is 2.09. The molecule has 0 heterocycles. The van der Waals surface area contributed by atoms with Crippen LogP contribution in [0.3, 0.4) is 0 Å². The smallest absolute Gasteiger partial charge is 0.338 e. The van der Waals surface area contributed by atoms with Crippen LogP contribution in [-0.4, -0.2) is 38.2 Å². The van der Waals surface area contributed by atoms with Crippen molar-refractivity contribution in [2.24, 2.45) is 0 Å². The van der Waals surface area contributed by atoms with Gasteiger partial charge in [0.15, 0.2) is 0 Å². The van der Waals surface area contributed by atoms with Crippen molar-refractivity contribution in [2.75, 3.05) is 20.3 Å². The van der Waals surface area contributed by atoms with Crippen LogP contribution in [0.15, 0.2) is 54.6 Å². The Balaban J connectivity index is 2.96. The number of hydrogen-bond acceptors (Lipinski definition) is 6. The van der Waals surface area contributed by atoms with Crippen molar-refractivity contribution in [3.8, 4) is 0 Å². The molecule has 1 aromatic rings. The minimum atomic E-state index is -0.607. The normalized spacial score (nSPS) is 11.0. The Morgan fingerprint density at radius 1 is 1.00 bits per heavy atom. The number of carbonyl (C=O) groups is 3. The van der Waals surface area contributed by atoms with Crippen LogP contribution in [0.25, 0.3) is 5.57 Å². The van der Waals surface area contributed by atoms with Gasteiger partial charge in [0.2, 0.25) is 0 Å². The second-order valence-corrected chi connectivity index (χ2v) is 5.33.